The Morgan fingerprint density at radius 2 is 1.78 bits per heavy atom. The number of ether oxygens (including phenoxy) is 1. The molecular formula is C30H25N5O6. The van der Waals surface area contributed by atoms with E-state index < -0.39 is 23.3 Å². The van der Waals surface area contributed by atoms with E-state index in [2.05, 4.69) is 21.6 Å². The third kappa shape index (κ3) is 6.36. The molecule has 1 heterocycles. The molecule has 0 saturated carbocycles. The number of nitro groups is 1. The SMILES string of the molecule is COc1ccc(C2CC(c3ccc4ccccc4c3)=NN2C(=O)CO/N=C/C(=O)Nc2ccc([N+](=O)[O-])cc2)cc1. The van der Waals surface area contributed by atoms with E-state index in [1.807, 2.05) is 60.7 Å². The number of hydrazone groups is 1. The molecule has 11 heteroatoms. The van der Waals surface area contributed by atoms with Gasteiger partial charge in [0.15, 0.2) is 6.61 Å². The summed E-state index contributed by atoms with van der Waals surface area (Å²) in [4.78, 5) is 40.7. The fourth-order valence-electron chi connectivity index (χ4n) is 4.45. The van der Waals surface area contributed by atoms with E-state index in [1.54, 1.807) is 7.11 Å². The minimum atomic E-state index is -0.625. The Kier molecular flexibility index (Phi) is 7.95. The number of oxime groups is 1. The Hall–Kier alpha value is -5.58. The zero-order valence-electron chi connectivity index (χ0n) is 22.0. The first-order valence-corrected chi connectivity index (χ1v) is 12.6. The number of non-ortho nitro benzene ring substituents is 1. The number of fused-ring (bicyclic) bond motifs is 1. The number of nitro benzene ring substituents is 1. The van der Waals surface area contributed by atoms with Crippen LogP contribution in [0.3, 0.4) is 0 Å². The lowest BCUT2D eigenvalue weighted by Crippen LogP contribution is -2.30. The van der Waals surface area contributed by atoms with Crippen LogP contribution in [0.2, 0.25) is 0 Å². The maximum Gasteiger partial charge on any atom is 0.283 e. The van der Waals surface area contributed by atoms with E-state index in [9.17, 15) is 19.7 Å². The van der Waals surface area contributed by atoms with Gasteiger partial charge < -0.3 is 14.9 Å². The average Bonchev–Trinajstić information content (AvgIpc) is 3.45. The second kappa shape index (κ2) is 12.1. The highest BCUT2D eigenvalue weighted by molar-refractivity contribution is 6.31. The van der Waals surface area contributed by atoms with E-state index in [4.69, 9.17) is 9.57 Å². The molecule has 206 valence electrons. The van der Waals surface area contributed by atoms with Gasteiger partial charge in [-0.3, -0.25) is 19.7 Å². The van der Waals surface area contributed by atoms with Crippen LogP contribution in [0.5, 0.6) is 5.75 Å². The van der Waals surface area contributed by atoms with Crippen molar-refractivity contribution in [3.05, 3.63) is 112 Å². The smallest absolute Gasteiger partial charge is 0.283 e. The van der Waals surface area contributed by atoms with Crippen molar-refractivity contribution in [3.63, 3.8) is 0 Å². The molecule has 1 atom stereocenters. The summed E-state index contributed by atoms with van der Waals surface area (Å²) in [6, 6.07) is 26.5. The number of benzene rings is 4. The van der Waals surface area contributed by atoms with Crippen LogP contribution in [0.25, 0.3) is 10.8 Å². The molecule has 4 aromatic rings. The first-order chi connectivity index (χ1) is 19.9. The Balaban J connectivity index is 1.27. The molecule has 2 amide bonds. The molecule has 1 unspecified atom stereocenters. The van der Waals surface area contributed by atoms with Crippen molar-refractivity contribution >= 4 is 45.9 Å². The van der Waals surface area contributed by atoms with Crippen molar-refractivity contribution < 1.29 is 24.1 Å². The molecule has 4 aromatic carbocycles. The zero-order chi connectivity index (χ0) is 28.8. The van der Waals surface area contributed by atoms with Gasteiger partial charge in [-0.1, -0.05) is 53.7 Å². The van der Waals surface area contributed by atoms with E-state index >= 15 is 0 Å². The maximum absolute atomic E-state index is 13.2. The number of anilines is 1. The van der Waals surface area contributed by atoms with Crippen molar-refractivity contribution in [2.75, 3.05) is 19.0 Å². The van der Waals surface area contributed by atoms with Gasteiger partial charge in [0.2, 0.25) is 0 Å². The first kappa shape index (κ1) is 27.0. The Morgan fingerprint density at radius 3 is 2.49 bits per heavy atom. The van der Waals surface area contributed by atoms with Gasteiger partial charge in [0.25, 0.3) is 17.5 Å². The minimum Gasteiger partial charge on any atom is -0.497 e. The van der Waals surface area contributed by atoms with E-state index in [0.29, 0.717) is 17.9 Å². The minimum absolute atomic E-state index is 0.0974. The number of amides is 2. The average molecular weight is 552 g/mol. The highest BCUT2D eigenvalue weighted by Crippen LogP contribution is 2.34. The van der Waals surface area contributed by atoms with Crippen molar-refractivity contribution in [3.8, 4) is 5.75 Å². The third-order valence-electron chi connectivity index (χ3n) is 6.53. The van der Waals surface area contributed by atoms with Crippen LogP contribution in [0, 0.1) is 10.1 Å². The number of carbonyl (C=O) groups is 2. The summed E-state index contributed by atoms with van der Waals surface area (Å²) in [5.74, 6) is -0.361. The molecule has 0 spiro atoms. The molecule has 5 rings (SSSR count). The lowest BCUT2D eigenvalue weighted by Gasteiger charge is -2.21. The summed E-state index contributed by atoms with van der Waals surface area (Å²) in [5, 5.41) is 25.1. The maximum atomic E-state index is 13.2. The van der Waals surface area contributed by atoms with Crippen LogP contribution in [-0.2, 0) is 14.4 Å². The summed E-state index contributed by atoms with van der Waals surface area (Å²) in [6.45, 7) is -0.442. The van der Waals surface area contributed by atoms with Crippen LogP contribution in [0.15, 0.2) is 101 Å². The van der Waals surface area contributed by atoms with Crippen molar-refractivity contribution in [1.82, 2.24) is 5.01 Å². The van der Waals surface area contributed by atoms with Gasteiger partial charge in [0.05, 0.1) is 23.8 Å². The largest absolute Gasteiger partial charge is 0.497 e. The number of carbonyl (C=O) groups excluding carboxylic acids is 2. The topological polar surface area (TPSA) is 136 Å². The highest BCUT2D eigenvalue weighted by atomic mass is 16.6. The summed E-state index contributed by atoms with van der Waals surface area (Å²) in [6.07, 6.45) is 1.38. The number of nitrogens with one attached hydrogen (secondary N) is 1. The number of hydrogen-bond acceptors (Lipinski definition) is 8. The number of hydrogen-bond donors (Lipinski definition) is 1. The van der Waals surface area contributed by atoms with Gasteiger partial charge in [0.1, 0.15) is 12.0 Å². The summed E-state index contributed by atoms with van der Waals surface area (Å²) >= 11 is 0. The molecule has 0 saturated heterocycles. The van der Waals surface area contributed by atoms with Gasteiger partial charge in [0, 0.05) is 24.2 Å². The molecule has 0 aliphatic carbocycles. The van der Waals surface area contributed by atoms with Gasteiger partial charge >= 0.3 is 0 Å². The molecule has 11 nitrogen and oxygen atoms in total. The van der Waals surface area contributed by atoms with Crippen LogP contribution < -0.4 is 10.1 Å². The molecule has 0 fully saturated rings. The predicted molar refractivity (Wildman–Crippen MR) is 154 cm³/mol. The number of methoxy groups -OCH3 is 1. The number of nitrogens with zero attached hydrogens (tertiary/aromatic N) is 4. The molecule has 0 aromatic heterocycles. The quantitative estimate of drug-likeness (QED) is 0.175. The molecule has 41 heavy (non-hydrogen) atoms. The van der Waals surface area contributed by atoms with Crippen molar-refractivity contribution in [2.24, 2.45) is 10.3 Å². The monoisotopic (exact) mass is 551 g/mol. The second-order valence-electron chi connectivity index (χ2n) is 9.14. The fraction of sp³-hybridized carbons (Fsp3) is 0.133. The van der Waals surface area contributed by atoms with Crippen molar-refractivity contribution in [2.45, 2.75) is 12.5 Å². The van der Waals surface area contributed by atoms with Gasteiger partial charge in [-0.05, 0) is 52.2 Å². The molecule has 0 radical (unpaired) electrons. The van der Waals surface area contributed by atoms with Crippen LogP contribution in [0.4, 0.5) is 11.4 Å². The molecule has 1 aliphatic heterocycles. The molecular weight excluding hydrogens is 526 g/mol. The zero-order valence-corrected chi connectivity index (χ0v) is 22.0. The predicted octanol–water partition coefficient (Wildman–Crippen LogP) is 5.08. The first-order valence-electron chi connectivity index (χ1n) is 12.6. The molecule has 1 N–H and O–H groups in total. The summed E-state index contributed by atoms with van der Waals surface area (Å²) in [7, 11) is 1.59. The normalized spacial score (nSPS) is 14.6. The van der Waals surface area contributed by atoms with Crippen molar-refractivity contribution in [1.29, 1.82) is 0 Å². The highest BCUT2D eigenvalue weighted by Gasteiger charge is 2.33. The Bertz CT molecular complexity index is 1650. The van der Waals surface area contributed by atoms with Crippen LogP contribution >= 0.6 is 0 Å². The Labute approximate surface area is 234 Å². The third-order valence-corrected chi connectivity index (χ3v) is 6.53. The summed E-state index contributed by atoms with van der Waals surface area (Å²) in [5.41, 5.74) is 2.80. The molecule has 0 bridgehead atoms. The standard InChI is InChI=1S/C30H25N5O6/c1-40-26-14-8-21(9-15-26)28-17-27(23-7-6-20-4-2-3-5-22(20)16-23)33-34(28)30(37)19-41-31-18-29(36)32-24-10-12-25(13-11-24)35(38)39/h2-16,18,28H,17,19H2,1H3,(H,32,36)/b31-18+. The van der Waals surface area contributed by atoms with Gasteiger partial charge in [-0.15, -0.1) is 0 Å². The van der Waals surface area contributed by atoms with Gasteiger partial charge in [-0.25, -0.2) is 5.01 Å². The lowest BCUT2D eigenvalue weighted by atomic mass is 9.97. The van der Waals surface area contributed by atoms with E-state index in [0.717, 1.165) is 33.8 Å². The molecule has 1 aliphatic rings. The van der Waals surface area contributed by atoms with Gasteiger partial charge in [-0.2, -0.15) is 5.10 Å². The fourth-order valence-corrected chi connectivity index (χ4v) is 4.45. The second-order valence-corrected chi connectivity index (χ2v) is 9.14. The van der Waals surface area contributed by atoms with Crippen LogP contribution in [-0.4, -0.2) is 47.4 Å². The summed E-state index contributed by atoms with van der Waals surface area (Å²) < 4.78 is 5.27. The number of rotatable bonds is 9. The lowest BCUT2D eigenvalue weighted by molar-refractivity contribution is -0.384. The van der Waals surface area contributed by atoms with E-state index in [-0.39, 0.29) is 11.7 Å². The Morgan fingerprint density at radius 1 is 1.05 bits per heavy atom. The van der Waals surface area contributed by atoms with E-state index in [1.165, 1.54) is 29.3 Å². The van der Waals surface area contributed by atoms with Crippen LogP contribution in [0.1, 0.15) is 23.6 Å².